The summed E-state index contributed by atoms with van der Waals surface area (Å²) >= 11 is 3.31. The first-order chi connectivity index (χ1) is 12.9. The lowest BCUT2D eigenvalue weighted by Crippen LogP contribution is -2.29. The van der Waals surface area contributed by atoms with Crippen molar-refractivity contribution < 1.29 is 4.74 Å². The SMILES string of the molecule is c1cc(CN2CCCCC2)cc(OCCCNc2nsc3ccsc23)c1. The third kappa shape index (κ3) is 4.55. The van der Waals surface area contributed by atoms with E-state index in [0.717, 1.165) is 37.7 Å². The van der Waals surface area contributed by atoms with Crippen LogP contribution in [0.3, 0.4) is 0 Å². The second kappa shape index (κ2) is 8.84. The van der Waals surface area contributed by atoms with Crippen molar-refractivity contribution in [3.8, 4) is 5.75 Å². The Labute approximate surface area is 163 Å². The highest BCUT2D eigenvalue weighted by molar-refractivity contribution is 7.25. The number of hydrogen-bond acceptors (Lipinski definition) is 6. The molecule has 0 radical (unpaired) electrons. The van der Waals surface area contributed by atoms with Crippen LogP contribution in [-0.4, -0.2) is 35.5 Å². The molecule has 0 spiro atoms. The zero-order valence-electron chi connectivity index (χ0n) is 14.9. The van der Waals surface area contributed by atoms with E-state index in [-0.39, 0.29) is 0 Å². The lowest BCUT2D eigenvalue weighted by Gasteiger charge is -2.26. The number of likely N-dealkylation sites (tertiary alicyclic amines) is 1. The molecule has 6 heteroatoms. The topological polar surface area (TPSA) is 37.4 Å². The van der Waals surface area contributed by atoms with Crippen molar-refractivity contribution in [3.63, 3.8) is 0 Å². The number of hydrogen-bond donors (Lipinski definition) is 1. The first-order valence-electron chi connectivity index (χ1n) is 9.39. The highest BCUT2D eigenvalue weighted by Crippen LogP contribution is 2.31. The second-order valence-electron chi connectivity index (χ2n) is 6.76. The number of rotatable bonds is 8. The molecule has 0 amide bonds. The summed E-state index contributed by atoms with van der Waals surface area (Å²) in [5.74, 6) is 2.00. The van der Waals surface area contributed by atoms with Crippen LogP contribution in [0.1, 0.15) is 31.2 Å². The van der Waals surface area contributed by atoms with Gasteiger partial charge in [0, 0.05) is 13.1 Å². The maximum atomic E-state index is 5.95. The van der Waals surface area contributed by atoms with Crippen molar-refractivity contribution in [1.82, 2.24) is 9.27 Å². The van der Waals surface area contributed by atoms with Crippen molar-refractivity contribution in [2.45, 2.75) is 32.2 Å². The van der Waals surface area contributed by atoms with Crippen LogP contribution in [0.5, 0.6) is 5.75 Å². The van der Waals surface area contributed by atoms with Crippen LogP contribution in [0.4, 0.5) is 5.82 Å². The van der Waals surface area contributed by atoms with Gasteiger partial charge in [-0.1, -0.05) is 18.6 Å². The summed E-state index contributed by atoms with van der Waals surface area (Å²) in [7, 11) is 0. The van der Waals surface area contributed by atoms with Gasteiger partial charge in [0.15, 0.2) is 5.82 Å². The predicted octanol–water partition coefficient (Wildman–Crippen LogP) is 5.22. The molecule has 138 valence electrons. The molecule has 1 saturated heterocycles. The fraction of sp³-hybridized carbons (Fsp3) is 0.450. The quantitative estimate of drug-likeness (QED) is 0.537. The first kappa shape index (κ1) is 17.8. The number of ether oxygens (including phenoxy) is 1. The Morgan fingerprint density at radius 3 is 3.00 bits per heavy atom. The smallest absolute Gasteiger partial charge is 0.157 e. The predicted molar refractivity (Wildman–Crippen MR) is 112 cm³/mol. The average molecular weight is 388 g/mol. The van der Waals surface area contributed by atoms with Crippen molar-refractivity contribution in [1.29, 1.82) is 0 Å². The van der Waals surface area contributed by atoms with Crippen LogP contribution >= 0.6 is 22.9 Å². The molecule has 4 rings (SSSR count). The molecule has 1 aliphatic heterocycles. The van der Waals surface area contributed by atoms with Crippen LogP contribution < -0.4 is 10.1 Å². The Hall–Kier alpha value is -1.63. The minimum absolute atomic E-state index is 0.720. The monoisotopic (exact) mass is 387 g/mol. The first-order valence-corrected chi connectivity index (χ1v) is 11.0. The molecule has 4 nitrogen and oxygen atoms in total. The van der Waals surface area contributed by atoms with Gasteiger partial charge in [0.2, 0.25) is 0 Å². The van der Waals surface area contributed by atoms with Gasteiger partial charge in [-0.05, 0) is 73.0 Å². The molecule has 0 atom stereocenters. The number of aromatic nitrogens is 1. The van der Waals surface area contributed by atoms with E-state index in [1.54, 1.807) is 22.9 Å². The molecule has 3 aromatic rings. The highest BCUT2D eigenvalue weighted by Gasteiger charge is 2.10. The summed E-state index contributed by atoms with van der Waals surface area (Å²) in [6, 6.07) is 10.7. The summed E-state index contributed by atoms with van der Waals surface area (Å²) in [6.45, 7) is 5.09. The molecule has 26 heavy (non-hydrogen) atoms. The number of anilines is 1. The summed E-state index contributed by atoms with van der Waals surface area (Å²) in [5, 5.41) is 5.55. The van der Waals surface area contributed by atoms with E-state index in [9.17, 15) is 0 Å². The molecule has 2 aromatic heterocycles. The Morgan fingerprint density at radius 1 is 1.15 bits per heavy atom. The third-order valence-corrected chi connectivity index (χ3v) is 6.58. The normalized spacial score (nSPS) is 15.4. The number of nitrogens with zero attached hydrogens (tertiary/aromatic N) is 2. The molecule has 0 saturated carbocycles. The van der Waals surface area contributed by atoms with E-state index in [1.165, 1.54) is 47.3 Å². The van der Waals surface area contributed by atoms with Gasteiger partial charge < -0.3 is 10.1 Å². The third-order valence-electron chi connectivity index (χ3n) is 4.72. The van der Waals surface area contributed by atoms with Crippen LogP contribution in [0, 0.1) is 0 Å². The maximum Gasteiger partial charge on any atom is 0.157 e. The molecule has 1 N–H and O–H groups in total. The average Bonchev–Trinajstić information content (AvgIpc) is 3.27. The minimum atomic E-state index is 0.720. The molecule has 1 aliphatic rings. The van der Waals surface area contributed by atoms with Gasteiger partial charge in [-0.3, -0.25) is 4.90 Å². The Balaban J connectivity index is 1.20. The Bertz CT molecular complexity index is 823. The van der Waals surface area contributed by atoms with E-state index in [0.29, 0.717) is 0 Å². The number of thiophene rings is 1. The fourth-order valence-electron chi connectivity index (χ4n) is 3.37. The molecular weight excluding hydrogens is 362 g/mol. The van der Waals surface area contributed by atoms with Gasteiger partial charge in [-0.2, -0.15) is 4.37 Å². The molecule has 1 aromatic carbocycles. The van der Waals surface area contributed by atoms with Crippen molar-refractivity contribution in [2.75, 3.05) is 31.6 Å². The molecular formula is C20H25N3OS2. The van der Waals surface area contributed by atoms with Gasteiger partial charge in [0.25, 0.3) is 0 Å². The van der Waals surface area contributed by atoms with Crippen LogP contribution in [0.25, 0.3) is 9.40 Å². The van der Waals surface area contributed by atoms with Crippen LogP contribution in [-0.2, 0) is 6.54 Å². The lowest BCUT2D eigenvalue weighted by molar-refractivity contribution is 0.220. The van der Waals surface area contributed by atoms with E-state index in [2.05, 4.69) is 50.3 Å². The molecule has 0 aliphatic carbocycles. The summed E-state index contributed by atoms with van der Waals surface area (Å²) < 4.78 is 13.0. The maximum absolute atomic E-state index is 5.95. The van der Waals surface area contributed by atoms with Gasteiger partial charge in [-0.15, -0.1) is 11.3 Å². The molecule has 0 unspecified atom stereocenters. The van der Waals surface area contributed by atoms with E-state index >= 15 is 0 Å². The lowest BCUT2D eigenvalue weighted by atomic mass is 10.1. The van der Waals surface area contributed by atoms with Gasteiger partial charge >= 0.3 is 0 Å². The summed E-state index contributed by atoms with van der Waals surface area (Å²) in [5.41, 5.74) is 1.35. The van der Waals surface area contributed by atoms with Crippen molar-refractivity contribution in [3.05, 3.63) is 41.3 Å². The summed E-state index contributed by atoms with van der Waals surface area (Å²) in [4.78, 5) is 2.55. The van der Waals surface area contributed by atoms with Gasteiger partial charge in [0.1, 0.15) is 5.75 Å². The fourth-order valence-corrected chi connectivity index (χ4v) is 5.18. The zero-order chi connectivity index (χ0) is 17.6. The number of nitrogens with one attached hydrogen (secondary N) is 1. The number of fused-ring (bicyclic) bond motifs is 1. The van der Waals surface area contributed by atoms with Crippen molar-refractivity contribution >= 4 is 38.1 Å². The van der Waals surface area contributed by atoms with Crippen LogP contribution in [0.2, 0.25) is 0 Å². The highest BCUT2D eigenvalue weighted by atomic mass is 32.1. The van der Waals surface area contributed by atoms with Gasteiger partial charge in [-0.25, -0.2) is 0 Å². The van der Waals surface area contributed by atoms with E-state index in [4.69, 9.17) is 4.74 Å². The number of benzene rings is 1. The zero-order valence-corrected chi connectivity index (χ0v) is 16.6. The number of piperidine rings is 1. The minimum Gasteiger partial charge on any atom is -0.494 e. The molecule has 0 bridgehead atoms. The van der Waals surface area contributed by atoms with Crippen LogP contribution in [0.15, 0.2) is 35.7 Å². The summed E-state index contributed by atoms with van der Waals surface area (Å²) in [6.07, 6.45) is 5.01. The Kier molecular flexibility index (Phi) is 6.04. The molecule has 3 heterocycles. The van der Waals surface area contributed by atoms with Gasteiger partial charge in [0.05, 0.1) is 16.0 Å². The molecule has 1 fully saturated rings. The van der Waals surface area contributed by atoms with E-state index in [1.807, 2.05) is 0 Å². The standard InChI is InChI=1S/C20H25N3OS2/c1-2-10-23(11-3-1)15-16-6-4-7-17(14-16)24-12-5-9-21-20-19-18(26-22-20)8-13-25-19/h4,6-8,13-14H,1-3,5,9-12,15H2,(H,21,22). The van der Waals surface area contributed by atoms with Crippen molar-refractivity contribution in [2.24, 2.45) is 0 Å². The largest absolute Gasteiger partial charge is 0.494 e. The Morgan fingerprint density at radius 2 is 2.08 bits per heavy atom. The second-order valence-corrected chi connectivity index (χ2v) is 8.48. The van der Waals surface area contributed by atoms with E-state index < -0.39 is 0 Å².